The molecule has 19 heavy (non-hydrogen) atoms. The fourth-order valence-electron chi connectivity index (χ4n) is 3.00. The summed E-state index contributed by atoms with van der Waals surface area (Å²) in [5.74, 6) is 0.988. The summed E-state index contributed by atoms with van der Waals surface area (Å²) in [4.78, 5) is 0. The highest BCUT2D eigenvalue weighted by molar-refractivity contribution is 5.32. The van der Waals surface area contributed by atoms with Gasteiger partial charge in [-0.25, -0.2) is 0 Å². The maximum Gasteiger partial charge on any atom is 0.120 e. The smallest absolute Gasteiger partial charge is 0.120 e. The van der Waals surface area contributed by atoms with Crippen LogP contribution < -0.4 is 10.1 Å². The highest BCUT2D eigenvalue weighted by Gasteiger charge is 2.38. The zero-order valence-electron chi connectivity index (χ0n) is 11.8. The normalized spacial score (nSPS) is 28.3. The molecule has 0 radical (unpaired) electrons. The van der Waals surface area contributed by atoms with E-state index in [9.17, 15) is 0 Å². The van der Waals surface area contributed by atoms with Gasteiger partial charge >= 0.3 is 0 Å². The monoisotopic (exact) mass is 261 g/mol. The summed E-state index contributed by atoms with van der Waals surface area (Å²) in [6.07, 6.45) is 5.08. The first-order valence-corrected chi connectivity index (χ1v) is 7.29. The molecule has 1 aliphatic carbocycles. The third kappa shape index (κ3) is 2.77. The van der Waals surface area contributed by atoms with Crippen LogP contribution in [0.25, 0.3) is 0 Å². The van der Waals surface area contributed by atoms with Gasteiger partial charge in [0.25, 0.3) is 0 Å². The van der Waals surface area contributed by atoms with E-state index in [1.165, 1.54) is 18.4 Å². The number of nitrogens with one attached hydrogen (secondary N) is 1. The molecule has 3 rings (SSSR count). The van der Waals surface area contributed by atoms with Crippen molar-refractivity contribution in [3.05, 3.63) is 29.8 Å². The molecule has 0 amide bonds. The van der Waals surface area contributed by atoms with E-state index in [1.807, 2.05) is 13.1 Å². The summed E-state index contributed by atoms with van der Waals surface area (Å²) < 4.78 is 11.9. The third-order valence-corrected chi connectivity index (χ3v) is 4.17. The number of benzene rings is 1. The van der Waals surface area contributed by atoms with Crippen molar-refractivity contribution in [2.75, 3.05) is 13.7 Å². The first kappa shape index (κ1) is 12.9. The maximum atomic E-state index is 5.98. The molecule has 1 aromatic rings. The molecule has 0 spiro atoms. The Bertz CT molecular complexity index is 436. The summed E-state index contributed by atoms with van der Waals surface area (Å²) >= 11 is 0. The molecule has 1 aliphatic heterocycles. The quantitative estimate of drug-likeness (QED) is 0.883. The van der Waals surface area contributed by atoms with Crippen LogP contribution >= 0.6 is 0 Å². The van der Waals surface area contributed by atoms with Gasteiger partial charge in [-0.15, -0.1) is 0 Å². The summed E-state index contributed by atoms with van der Waals surface area (Å²) in [6, 6.07) is 8.67. The second-order valence-electron chi connectivity index (χ2n) is 5.88. The Morgan fingerprint density at radius 2 is 2.26 bits per heavy atom. The average molecular weight is 261 g/mol. The van der Waals surface area contributed by atoms with E-state index >= 15 is 0 Å². The molecule has 1 N–H and O–H groups in total. The van der Waals surface area contributed by atoms with Gasteiger partial charge in [-0.2, -0.15) is 0 Å². The highest BCUT2D eigenvalue weighted by atomic mass is 16.5. The standard InChI is InChI=1S/C16H23NO2/c1-16(9-4-10-18-16)15(17-2)12-5-3-6-14(11-12)19-13-7-8-13/h3,5-6,11,13,15,17H,4,7-10H2,1-2H3. The first-order chi connectivity index (χ1) is 9.21. The van der Waals surface area contributed by atoms with Crippen LogP contribution in [0.2, 0.25) is 0 Å². The molecule has 3 nitrogen and oxygen atoms in total. The SMILES string of the molecule is CNC(c1cccc(OC2CC2)c1)C1(C)CCCO1. The van der Waals surface area contributed by atoms with Crippen LogP contribution in [-0.2, 0) is 4.74 Å². The van der Waals surface area contributed by atoms with Crippen LogP contribution in [-0.4, -0.2) is 25.4 Å². The molecule has 0 bridgehead atoms. The fourth-order valence-corrected chi connectivity index (χ4v) is 3.00. The van der Waals surface area contributed by atoms with Gasteiger partial charge in [0.05, 0.1) is 17.7 Å². The van der Waals surface area contributed by atoms with E-state index < -0.39 is 0 Å². The molecule has 1 saturated heterocycles. The summed E-state index contributed by atoms with van der Waals surface area (Å²) in [5.41, 5.74) is 1.15. The number of hydrogen-bond donors (Lipinski definition) is 1. The van der Waals surface area contributed by atoms with Crippen molar-refractivity contribution >= 4 is 0 Å². The Morgan fingerprint density at radius 1 is 1.42 bits per heavy atom. The predicted octanol–water partition coefficient (Wildman–Crippen LogP) is 3.06. The Kier molecular flexibility index (Phi) is 3.50. The van der Waals surface area contributed by atoms with E-state index in [4.69, 9.17) is 9.47 Å². The van der Waals surface area contributed by atoms with Crippen LogP contribution in [0.1, 0.15) is 44.2 Å². The fraction of sp³-hybridized carbons (Fsp3) is 0.625. The lowest BCUT2D eigenvalue weighted by Gasteiger charge is -2.33. The zero-order valence-corrected chi connectivity index (χ0v) is 11.8. The van der Waals surface area contributed by atoms with Gasteiger partial charge in [0.15, 0.2) is 0 Å². The number of ether oxygens (including phenoxy) is 2. The lowest BCUT2D eigenvalue weighted by atomic mass is 9.88. The molecule has 104 valence electrons. The predicted molar refractivity (Wildman–Crippen MR) is 75.5 cm³/mol. The van der Waals surface area contributed by atoms with E-state index in [2.05, 4.69) is 30.4 Å². The van der Waals surface area contributed by atoms with Gasteiger partial charge in [-0.3, -0.25) is 0 Å². The number of likely N-dealkylation sites (N-methyl/N-ethyl adjacent to an activating group) is 1. The van der Waals surface area contributed by atoms with Crippen molar-refractivity contribution in [2.45, 2.75) is 50.4 Å². The minimum absolute atomic E-state index is 0.104. The van der Waals surface area contributed by atoms with Crippen LogP contribution in [0.3, 0.4) is 0 Å². The van der Waals surface area contributed by atoms with Crippen LogP contribution in [0, 0.1) is 0 Å². The van der Waals surface area contributed by atoms with Crippen molar-refractivity contribution in [2.24, 2.45) is 0 Å². The van der Waals surface area contributed by atoms with E-state index in [-0.39, 0.29) is 11.6 Å². The summed E-state index contributed by atoms with van der Waals surface area (Å²) in [5, 5.41) is 3.42. The van der Waals surface area contributed by atoms with E-state index in [0.29, 0.717) is 6.10 Å². The van der Waals surface area contributed by atoms with E-state index in [1.54, 1.807) is 0 Å². The molecule has 3 heteroatoms. The number of hydrogen-bond acceptors (Lipinski definition) is 3. The van der Waals surface area contributed by atoms with Crippen molar-refractivity contribution in [1.82, 2.24) is 5.32 Å². The third-order valence-electron chi connectivity index (χ3n) is 4.17. The lowest BCUT2D eigenvalue weighted by Crippen LogP contribution is -2.39. The summed E-state index contributed by atoms with van der Waals surface area (Å²) in [7, 11) is 2.01. The largest absolute Gasteiger partial charge is 0.490 e. The summed E-state index contributed by atoms with van der Waals surface area (Å²) in [6.45, 7) is 3.07. The minimum Gasteiger partial charge on any atom is -0.490 e. The van der Waals surface area contributed by atoms with Crippen LogP contribution in [0.15, 0.2) is 24.3 Å². The van der Waals surface area contributed by atoms with Gasteiger partial charge in [-0.05, 0) is 57.4 Å². The molecule has 2 fully saturated rings. The Hall–Kier alpha value is -1.06. The molecule has 1 heterocycles. The van der Waals surface area contributed by atoms with Gasteiger partial charge in [-0.1, -0.05) is 12.1 Å². The van der Waals surface area contributed by atoms with Gasteiger partial charge in [0.1, 0.15) is 5.75 Å². The molecule has 2 aliphatic rings. The van der Waals surface area contributed by atoms with Gasteiger partial charge in [0.2, 0.25) is 0 Å². The molecule has 1 aromatic carbocycles. The van der Waals surface area contributed by atoms with Crippen molar-refractivity contribution < 1.29 is 9.47 Å². The average Bonchev–Trinajstić information content (AvgIpc) is 3.10. The topological polar surface area (TPSA) is 30.5 Å². The van der Waals surface area contributed by atoms with Gasteiger partial charge < -0.3 is 14.8 Å². The highest BCUT2D eigenvalue weighted by Crippen LogP contribution is 2.38. The molecular weight excluding hydrogens is 238 g/mol. The molecule has 2 atom stereocenters. The molecule has 0 aromatic heterocycles. The zero-order chi connectivity index (χ0) is 13.3. The molecule has 1 saturated carbocycles. The first-order valence-electron chi connectivity index (χ1n) is 7.29. The Balaban J connectivity index is 1.81. The molecule has 2 unspecified atom stereocenters. The Labute approximate surface area is 115 Å². The van der Waals surface area contributed by atoms with E-state index in [0.717, 1.165) is 25.2 Å². The second kappa shape index (κ2) is 5.14. The maximum absolute atomic E-state index is 5.98. The lowest BCUT2D eigenvalue weighted by molar-refractivity contribution is -0.0105. The van der Waals surface area contributed by atoms with Crippen LogP contribution in [0.4, 0.5) is 0 Å². The van der Waals surface area contributed by atoms with Crippen molar-refractivity contribution in [3.8, 4) is 5.75 Å². The minimum atomic E-state index is -0.104. The Morgan fingerprint density at radius 3 is 2.89 bits per heavy atom. The van der Waals surface area contributed by atoms with Crippen LogP contribution in [0.5, 0.6) is 5.75 Å². The van der Waals surface area contributed by atoms with Crippen molar-refractivity contribution in [3.63, 3.8) is 0 Å². The van der Waals surface area contributed by atoms with Crippen molar-refractivity contribution in [1.29, 1.82) is 0 Å². The molecular formula is C16H23NO2. The second-order valence-corrected chi connectivity index (χ2v) is 5.88. The van der Waals surface area contributed by atoms with Gasteiger partial charge in [0, 0.05) is 6.61 Å². The number of rotatable bonds is 5.